The second-order valence-corrected chi connectivity index (χ2v) is 9.40. The lowest BCUT2D eigenvalue weighted by atomic mass is 9.64. The Morgan fingerprint density at radius 3 is 2.62 bits per heavy atom. The zero-order chi connectivity index (χ0) is 21.7. The molecule has 6 rings (SSSR count). The van der Waals surface area contributed by atoms with Gasteiger partial charge < -0.3 is 4.42 Å². The number of benzene rings is 1. The summed E-state index contributed by atoms with van der Waals surface area (Å²) in [5, 5.41) is 4.93. The first kappa shape index (κ1) is 19.7. The van der Waals surface area contributed by atoms with E-state index in [1.807, 2.05) is 16.8 Å². The highest BCUT2D eigenvalue weighted by Crippen LogP contribution is 2.53. The van der Waals surface area contributed by atoms with E-state index in [0.717, 1.165) is 51.4 Å². The van der Waals surface area contributed by atoms with Crippen LogP contribution >= 0.6 is 0 Å². The minimum atomic E-state index is -0.500. The van der Waals surface area contributed by atoms with Crippen LogP contribution < -0.4 is 4.90 Å². The number of carbonyl (C=O) groups excluding carboxylic acids is 1. The first-order chi connectivity index (χ1) is 15.7. The van der Waals surface area contributed by atoms with E-state index >= 15 is 0 Å². The number of hydrogen-bond donors (Lipinski definition) is 0. The number of aromatic nitrogens is 3. The summed E-state index contributed by atoms with van der Waals surface area (Å²) >= 11 is 0. The molecule has 2 atom stereocenters. The Bertz CT molecular complexity index is 1130. The molecule has 1 spiro atoms. The molecule has 0 radical (unpaired) electrons. The quantitative estimate of drug-likeness (QED) is 0.530. The van der Waals surface area contributed by atoms with Crippen molar-refractivity contribution in [2.45, 2.75) is 69.4 Å². The van der Waals surface area contributed by atoms with Crippen molar-refractivity contribution >= 4 is 11.9 Å². The topological polar surface area (TPSA) is 64.2 Å². The third-order valence-corrected chi connectivity index (χ3v) is 7.76. The number of furan rings is 1. The number of fused-ring (bicyclic) bond motifs is 4. The molecular weight excluding hydrogens is 407 g/mol. The molecule has 32 heavy (non-hydrogen) atoms. The number of anilines is 1. The van der Waals surface area contributed by atoms with Crippen molar-refractivity contribution in [1.82, 2.24) is 14.8 Å². The standard InChI is InChI=1S/C25H27FN4O2/c26-19-11-4-2-9-17(19)23(31)29-20-12-5-3-10-18(20)25(14-6-1-7-15-25)30-24(29)27-22(28-30)21-13-8-16-32-21/h2,4,8-9,11,13,16,18,20H,1,3,5-7,10,12,14-15H2/t18-,20+/m1/s1. The normalized spacial score (nSPS) is 24.2. The molecule has 2 fully saturated rings. The molecule has 6 nitrogen and oxygen atoms in total. The van der Waals surface area contributed by atoms with Crippen LogP contribution in [-0.4, -0.2) is 26.7 Å². The van der Waals surface area contributed by atoms with Crippen LogP contribution in [0.5, 0.6) is 0 Å². The first-order valence-electron chi connectivity index (χ1n) is 11.8. The molecule has 3 aliphatic rings. The van der Waals surface area contributed by atoms with Gasteiger partial charge in [0.2, 0.25) is 11.8 Å². The number of amides is 1. The van der Waals surface area contributed by atoms with E-state index in [-0.39, 0.29) is 23.1 Å². The molecule has 1 aliphatic heterocycles. The Morgan fingerprint density at radius 2 is 1.84 bits per heavy atom. The molecule has 2 saturated carbocycles. The van der Waals surface area contributed by atoms with Crippen molar-refractivity contribution in [3.8, 4) is 11.6 Å². The molecule has 0 bridgehead atoms. The van der Waals surface area contributed by atoms with Gasteiger partial charge in [-0.1, -0.05) is 44.2 Å². The highest BCUT2D eigenvalue weighted by molar-refractivity contribution is 6.06. The third kappa shape index (κ3) is 2.86. The lowest BCUT2D eigenvalue weighted by Crippen LogP contribution is -2.61. The molecule has 0 unspecified atom stereocenters. The Morgan fingerprint density at radius 1 is 1.03 bits per heavy atom. The van der Waals surface area contributed by atoms with E-state index in [0.29, 0.717) is 23.5 Å². The molecule has 2 aliphatic carbocycles. The number of rotatable bonds is 2. The second-order valence-electron chi connectivity index (χ2n) is 9.40. The van der Waals surface area contributed by atoms with Gasteiger partial charge in [0.1, 0.15) is 5.82 Å². The highest BCUT2D eigenvalue weighted by atomic mass is 19.1. The summed E-state index contributed by atoms with van der Waals surface area (Å²) in [4.78, 5) is 20.4. The van der Waals surface area contributed by atoms with Crippen molar-refractivity contribution in [3.05, 3.63) is 54.0 Å². The average Bonchev–Trinajstić information content (AvgIpc) is 3.51. The van der Waals surface area contributed by atoms with E-state index in [9.17, 15) is 9.18 Å². The van der Waals surface area contributed by atoms with E-state index in [2.05, 4.69) is 0 Å². The second kappa shape index (κ2) is 7.57. The van der Waals surface area contributed by atoms with Gasteiger partial charge in [-0.2, -0.15) is 4.98 Å². The molecule has 2 aromatic heterocycles. The maximum absolute atomic E-state index is 14.7. The van der Waals surface area contributed by atoms with E-state index < -0.39 is 5.82 Å². The van der Waals surface area contributed by atoms with E-state index in [4.69, 9.17) is 14.5 Å². The van der Waals surface area contributed by atoms with Crippen LogP contribution in [0.4, 0.5) is 10.3 Å². The van der Waals surface area contributed by atoms with Gasteiger partial charge in [0.25, 0.3) is 5.91 Å². The molecule has 1 amide bonds. The van der Waals surface area contributed by atoms with E-state index in [1.54, 1.807) is 29.4 Å². The average molecular weight is 435 g/mol. The predicted molar refractivity (Wildman–Crippen MR) is 118 cm³/mol. The molecule has 0 N–H and O–H groups in total. The number of carbonyl (C=O) groups is 1. The summed E-state index contributed by atoms with van der Waals surface area (Å²) in [5.41, 5.74) is -0.0479. The minimum Gasteiger partial charge on any atom is -0.461 e. The fraction of sp³-hybridized carbons (Fsp3) is 0.480. The molecular formula is C25H27FN4O2. The van der Waals surface area contributed by atoms with Crippen molar-refractivity contribution in [2.24, 2.45) is 5.92 Å². The van der Waals surface area contributed by atoms with Crippen LogP contribution in [0.3, 0.4) is 0 Å². The summed E-state index contributed by atoms with van der Waals surface area (Å²) in [6.07, 6.45) is 11.4. The van der Waals surface area contributed by atoms with Gasteiger partial charge in [-0.15, -0.1) is 5.10 Å². The zero-order valence-corrected chi connectivity index (χ0v) is 18.0. The summed E-state index contributed by atoms with van der Waals surface area (Å²) in [6, 6.07) is 9.89. The van der Waals surface area contributed by atoms with Gasteiger partial charge in [-0.05, 0) is 49.9 Å². The van der Waals surface area contributed by atoms with Gasteiger partial charge in [0.15, 0.2) is 5.76 Å². The Balaban J connectivity index is 1.55. The first-order valence-corrected chi connectivity index (χ1v) is 11.8. The Hall–Kier alpha value is -2.96. The fourth-order valence-electron chi connectivity index (χ4n) is 6.37. The molecule has 1 aromatic carbocycles. The zero-order valence-electron chi connectivity index (χ0n) is 18.0. The fourth-order valence-corrected chi connectivity index (χ4v) is 6.37. The van der Waals surface area contributed by atoms with Crippen LogP contribution in [0, 0.1) is 11.7 Å². The Labute approximate surface area is 186 Å². The molecule has 3 aromatic rings. The minimum absolute atomic E-state index is 0.00936. The molecule has 3 heterocycles. The van der Waals surface area contributed by atoms with Crippen LogP contribution in [0.15, 0.2) is 47.1 Å². The molecule has 7 heteroatoms. The number of halogens is 1. The number of nitrogens with zero attached hydrogens (tertiary/aromatic N) is 4. The van der Waals surface area contributed by atoms with Gasteiger partial charge >= 0.3 is 0 Å². The maximum atomic E-state index is 14.7. The lowest BCUT2D eigenvalue weighted by molar-refractivity contribution is 0.0313. The van der Waals surface area contributed by atoms with E-state index in [1.165, 1.54) is 12.5 Å². The van der Waals surface area contributed by atoms with Gasteiger partial charge in [-0.3, -0.25) is 9.69 Å². The van der Waals surface area contributed by atoms with Crippen LogP contribution in [-0.2, 0) is 5.54 Å². The Kier molecular flexibility index (Phi) is 4.66. The summed E-state index contributed by atoms with van der Waals surface area (Å²) in [5.74, 6) is 1.07. The van der Waals surface area contributed by atoms with Gasteiger partial charge in [0.05, 0.1) is 17.4 Å². The van der Waals surface area contributed by atoms with Crippen molar-refractivity contribution in [3.63, 3.8) is 0 Å². The summed E-state index contributed by atoms with van der Waals surface area (Å²) in [6.45, 7) is 0. The highest BCUT2D eigenvalue weighted by Gasteiger charge is 2.55. The van der Waals surface area contributed by atoms with Crippen molar-refractivity contribution in [2.75, 3.05) is 4.90 Å². The van der Waals surface area contributed by atoms with Gasteiger partial charge in [0, 0.05) is 12.0 Å². The lowest BCUT2D eigenvalue weighted by Gasteiger charge is -2.55. The van der Waals surface area contributed by atoms with Crippen LogP contribution in [0.1, 0.15) is 68.1 Å². The van der Waals surface area contributed by atoms with Gasteiger partial charge in [-0.25, -0.2) is 9.07 Å². The monoisotopic (exact) mass is 434 g/mol. The van der Waals surface area contributed by atoms with Crippen molar-refractivity contribution < 1.29 is 13.6 Å². The van der Waals surface area contributed by atoms with Crippen molar-refractivity contribution in [1.29, 1.82) is 0 Å². The smallest absolute Gasteiger partial charge is 0.263 e. The third-order valence-electron chi connectivity index (χ3n) is 7.76. The molecule has 166 valence electrons. The molecule has 0 saturated heterocycles. The van der Waals surface area contributed by atoms with Crippen LogP contribution in [0.2, 0.25) is 0 Å². The maximum Gasteiger partial charge on any atom is 0.263 e. The van der Waals surface area contributed by atoms with Crippen LogP contribution in [0.25, 0.3) is 11.6 Å². The summed E-state index contributed by atoms with van der Waals surface area (Å²) in [7, 11) is 0. The predicted octanol–water partition coefficient (Wildman–Crippen LogP) is 5.56. The summed E-state index contributed by atoms with van der Waals surface area (Å²) < 4.78 is 22.3. The number of hydrogen-bond acceptors (Lipinski definition) is 4. The largest absolute Gasteiger partial charge is 0.461 e. The SMILES string of the molecule is O=C(c1ccccc1F)N1c2nc(-c3ccco3)nn2C2(CCCCC2)[C@@H]2CCCC[C@@H]21.